The first-order valence-corrected chi connectivity index (χ1v) is 12.6. The lowest BCUT2D eigenvalue weighted by molar-refractivity contribution is -0.121. The van der Waals surface area contributed by atoms with Gasteiger partial charge in [0.1, 0.15) is 5.75 Å². The molecule has 2 aliphatic heterocycles. The third-order valence-electron chi connectivity index (χ3n) is 6.28. The Bertz CT molecular complexity index is 1160. The van der Waals surface area contributed by atoms with Gasteiger partial charge in [0.05, 0.1) is 17.9 Å². The Labute approximate surface area is 194 Å². The summed E-state index contributed by atoms with van der Waals surface area (Å²) in [5.41, 5.74) is 2.26. The Morgan fingerprint density at radius 2 is 1.91 bits per heavy atom. The van der Waals surface area contributed by atoms with E-state index in [1.165, 1.54) is 11.2 Å². The van der Waals surface area contributed by atoms with Crippen LogP contribution in [0.3, 0.4) is 0 Å². The van der Waals surface area contributed by atoms with E-state index >= 15 is 0 Å². The number of anilines is 2. The van der Waals surface area contributed by atoms with Gasteiger partial charge in [-0.15, -0.1) is 0 Å². The highest BCUT2D eigenvalue weighted by Gasteiger charge is 2.34. The van der Waals surface area contributed by atoms with Crippen molar-refractivity contribution in [3.8, 4) is 5.75 Å². The first-order chi connectivity index (χ1) is 15.8. The zero-order valence-electron chi connectivity index (χ0n) is 18.9. The standard InChI is InChI=1S/C24H29N3O5S/c1-17(28)27-13-5-6-18-14-22(10-11-23(18)27)33(30,31)26-12-4-7-19(16-26)24(29)25-20-8-3-9-21(15-20)32-2/h3,8-11,14-15,19H,4-7,12-13,16H2,1-2H3,(H,25,29)/t19-/m1/s1. The van der Waals surface area contributed by atoms with Gasteiger partial charge in [-0.25, -0.2) is 8.42 Å². The lowest BCUT2D eigenvalue weighted by atomic mass is 9.98. The maximum atomic E-state index is 13.4. The molecule has 9 heteroatoms. The van der Waals surface area contributed by atoms with E-state index in [1.54, 1.807) is 54.5 Å². The molecule has 0 bridgehead atoms. The number of carbonyl (C=O) groups excluding carboxylic acids is 2. The Hall–Kier alpha value is -2.91. The van der Waals surface area contributed by atoms with Gasteiger partial charge < -0.3 is 15.0 Å². The number of hydrogen-bond donors (Lipinski definition) is 1. The second-order valence-electron chi connectivity index (χ2n) is 8.49. The molecule has 2 heterocycles. The normalized spacial score (nSPS) is 19.0. The van der Waals surface area contributed by atoms with Crippen LogP contribution in [0.15, 0.2) is 47.4 Å². The van der Waals surface area contributed by atoms with Crippen LogP contribution in [-0.4, -0.2) is 51.3 Å². The minimum atomic E-state index is -3.75. The molecule has 2 amide bonds. The minimum absolute atomic E-state index is 0.0486. The molecule has 1 atom stereocenters. The summed E-state index contributed by atoms with van der Waals surface area (Å²) in [7, 11) is -2.19. The number of carbonyl (C=O) groups is 2. The number of nitrogens with one attached hydrogen (secondary N) is 1. The Kier molecular flexibility index (Phi) is 6.71. The monoisotopic (exact) mass is 471 g/mol. The molecule has 0 saturated carbocycles. The summed E-state index contributed by atoms with van der Waals surface area (Å²) in [6, 6.07) is 12.0. The van der Waals surface area contributed by atoms with E-state index in [1.807, 2.05) is 0 Å². The van der Waals surface area contributed by atoms with E-state index in [0.717, 1.165) is 24.1 Å². The van der Waals surface area contributed by atoms with Crippen molar-refractivity contribution >= 4 is 33.2 Å². The van der Waals surface area contributed by atoms with Crippen molar-refractivity contribution in [1.29, 1.82) is 0 Å². The number of aryl methyl sites for hydroxylation is 1. The predicted molar refractivity (Wildman–Crippen MR) is 126 cm³/mol. The van der Waals surface area contributed by atoms with Crippen molar-refractivity contribution in [3.05, 3.63) is 48.0 Å². The van der Waals surface area contributed by atoms with Gasteiger partial charge in [0.2, 0.25) is 21.8 Å². The first kappa shape index (κ1) is 23.3. The molecule has 8 nitrogen and oxygen atoms in total. The van der Waals surface area contributed by atoms with Gasteiger partial charge in [-0.2, -0.15) is 4.31 Å². The van der Waals surface area contributed by atoms with Crippen molar-refractivity contribution in [2.45, 2.75) is 37.5 Å². The number of piperidine rings is 1. The second-order valence-corrected chi connectivity index (χ2v) is 10.4. The summed E-state index contributed by atoms with van der Waals surface area (Å²) in [6.45, 7) is 2.67. The van der Waals surface area contributed by atoms with Crippen molar-refractivity contribution < 1.29 is 22.7 Å². The number of nitrogens with zero attached hydrogens (tertiary/aromatic N) is 2. The largest absolute Gasteiger partial charge is 0.497 e. The van der Waals surface area contributed by atoms with Gasteiger partial charge >= 0.3 is 0 Å². The van der Waals surface area contributed by atoms with Gasteiger partial charge in [0.25, 0.3) is 0 Å². The predicted octanol–water partition coefficient (Wildman–Crippen LogP) is 3.03. The third-order valence-corrected chi connectivity index (χ3v) is 8.14. The van der Waals surface area contributed by atoms with Crippen LogP contribution in [0, 0.1) is 5.92 Å². The highest BCUT2D eigenvalue weighted by molar-refractivity contribution is 7.89. The summed E-state index contributed by atoms with van der Waals surface area (Å²) in [4.78, 5) is 26.7. The average Bonchev–Trinajstić information content (AvgIpc) is 2.83. The topological polar surface area (TPSA) is 96.0 Å². The lowest BCUT2D eigenvalue weighted by Crippen LogP contribution is -2.43. The SMILES string of the molecule is COc1cccc(NC(=O)[C@@H]2CCCN(S(=O)(=O)c3ccc4c(c3)CCCN4C(C)=O)C2)c1. The van der Waals surface area contributed by atoms with E-state index in [4.69, 9.17) is 4.74 Å². The fourth-order valence-electron chi connectivity index (χ4n) is 4.53. The van der Waals surface area contributed by atoms with Crippen LogP contribution in [0.5, 0.6) is 5.75 Å². The Morgan fingerprint density at radius 1 is 1.09 bits per heavy atom. The van der Waals surface area contributed by atoms with Crippen molar-refractivity contribution in [2.75, 3.05) is 37.0 Å². The summed E-state index contributed by atoms with van der Waals surface area (Å²) in [5, 5.41) is 2.88. The number of fused-ring (bicyclic) bond motifs is 1. The van der Waals surface area contributed by atoms with Crippen molar-refractivity contribution in [1.82, 2.24) is 4.31 Å². The summed E-state index contributed by atoms with van der Waals surface area (Å²) < 4.78 is 33.4. The van der Waals surface area contributed by atoms with E-state index in [0.29, 0.717) is 37.4 Å². The maximum absolute atomic E-state index is 13.4. The van der Waals surface area contributed by atoms with Crippen LogP contribution < -0.4 is 15.0 Å². The molecule has 1 saturated heterocycles. The van der Waals surface area contributed by atoms with Crippen LogP contribution in [0.25, 0.3) is 0 Å². The molecule has 0 aromatic heterocycles. The van der Waals surface area contributed by atoms with Crippen LogP contribution in [0.4, 0.5) is 11.4 Å². The van der Waals surface area contributed by atoms with Crippen LogP contribution in [0.1, 0.15) is 31.7 Å². The molecule has 176 valence electrons. The Morgan fingerprint density at radius 3 is 2.67 bits per heavy atom. The molecule has 2 aromatic carbocycles. The van der Waals surface area contributed by atoms with Gasteiger partial charge in [0, 0.05) is 44.0 Å². The zero-order valence-corrected chi connectivity index (χ0v) is 19.7. The van der Waals surface area contributed by atoms with Gasteiger partial charge in [-0.05, 0) is 61.6 Å². The first-order valence-electron chi connectivity index (χ1n) is 11.2. The number of rotatable bonds is 5. The van der Waals surface area contributed by atoms with Crippen molar-refractivity contribution in [3.63, 3.8) is 0 Å². The Balaban J connectivity index is 1.50. The maximum Gasteiger partial charge on any atom is 0.243 e. The van der Waals surface area contributed by atoms with Gasteiger partial charge in [-0.3, -0.25) is 9.59 Å². The molecule has 4 rings (SSSR count). The number of methoxy groups -OCH3 is 1. The highest BCUT2D eigenvalue weighted by atomic mass is 32.2. The molecule has 33 heavy (non-hydrogen) atoms. The smallest absolute Gasteiger partial charge is 0.243 e. The number of hydrogen-bond acceptors (Lipinski definition) is 5. The highest BCUT2D eigenvalue weighted by Crippen LogP contribution is 2.32. The second kappa shape index (κ2) is 9.52. The van der Waals surface area contributed by atoms with Crippen LogP contribution in [-0.2, 0) is 26.0 Å². The summed E-state index contributed by atoms with van der Waals surface area (Å²) in [5.74, 6) is -0.0554. The molecule has 2 aliphatic rings. The number of amides is 2. The van der Waals surface area contributed by atoms with E-state index in [9.17, 15) is 18.0 Å². The summed E-state index contributed by atoms with van der Waals surface area (Å²) >= 11 is 0. The summed E-state index contributed by atoms with van der Waals surface area (Å²) in [6.07, 6.45) is 2.76. The molecular weight excluding hydrogens is 442 g/mol. The van der Waals surface area contributed by atoms with E-state index in [2.05, 4.69) is 5.32 Å². The number of sulfonamides is 1. The number of ether oxygens (including phenoxy) is 1. The molecule has 1 N–H and O–H groups in total. The molecule has 0 radical (unpaired) electrons. The van der Waals surface area contributed by atoms with E-state index < -0.39 is 15.9 Å². The minimum Gasteiger partial charge on any atom is -0.497 e. The fraction of sp³-hybridized carbons (Fsp3) is 0.417. The lowest BCUT2D eigenvalue weighted by Gasteiger charge is -2.32. The molecule has 2 aromatic rings. The van der Waals surface area contributed by atoms with Crippen LogP contribution in [0.2, 0.25) is 0 Å². The molecule has 0 aliphatic carbocycles. The number of benzene rings is 2. The van der Waals surface area contributed by atoms with Crippen LogP contribution >= 0.6 is 0 Å². The third kappa shape index (κ3) is 4.89. The molecule has 0 spiro atoms. The molecular formula is C24H29N3O5S. The molecule has 1 fully saturated rings. The van der Waals surface area contributed by atoms with Gasteiger partial charge in [0.15, 0.2) is 0 Å². The van der Waals surface area contributed by atoms with Crippen molar-refractivity contribution in [2.24, 2.45) is 5.92 Å². The van der Waals surface area contributed by atoms with E-state index in [-0.39, 0.29) is 23.3 Å². The fourth-order valence-corrected chi connectivity index (χ4v) is 6.10. The average molecular weight is 472 g/mol. The zero-order chi connectivity index (χ0) is 23.6. The quantitative estimate of drug-likeness (QED) is 0.723. The van der Waals surface area contributed by atoms with Gasteiger partial charge in [-0.1, -0.05) is 6.07 Å². The molecule has 0 unspecified atom stereocenters.